The van der Waals surface area contributed by atoms with E-state index in [0.29, 0.717) is 13.0 Å². The van der Waals surface area contributed by atoms with Crippen LogP contribution in [0.25, 0.3) is 0 Å². The fourth-order valence-electron chi connectivity index (χ4n) is 2.61. The van der Waals surface area contributed by atoms with Gasteiger partial charge < -0.3 is 20.5 Å². The standard InChI is InChI=1S/C16H21F3N2O3/c1-11(8-12-4-2-3-5-13(12)16(17,18)19)21-14(22)20-9-15(23)6-7-24-10-15/h2-5,11,23H,6-10H2,1H3,(H2,20,21,22)/t11-,15-/m1/s1. The van der Waals surface area contributed by atoms with Crippen molar-refractivity contribution in [3.63, 3.8) is 0 Å². The molecule has 1 heterocycles. The molecule has 1 aromatic carbocycles. The SMILES string of the molecule is C[C@H](Cc1ccccc1C(F)(F)F)NC(=O)NC[C@]1(O)CCOC1. The molecule has 2 amide bonds. The van der Waals surface area contributed by atoms with E-state index in [-0.39, 0.29) is 25.1 Å². The summed E-state index contributed by atoms with van der Waals surface area (Å²) in [5.41, 5.74) is -1.65. The summed E-state index contributed by atoms with van der Waals surface area (Å²) in [6.07, 6.45) is -3.94. The van der Waals surface area contributed by atoms with Crippen molar-refractivity contribution < 1.29 is 27.8 Å². The highest BCUT2D eigenvalue weighted by atomic mass is 19.4. The van der Waals surface area contributed by atoms with Crippen molar-refractivity contribution in [1.82, 2.24) is 10.6 Å². The van der Waals surface area contributed by atoms with Crippen LogP contribution >= 0.6 is 0 Å². The van der Waals surface area contributed by atoms with Crippen LogP contribution < -0.4 is 10.6 Å². The molecule has 0 aromatic heterocycles. The zero-order valence-electron chi connectivity index (χ0n) is 13.3. The van der Waals surface area contributed by atoms with Crippen molar-refractivity contribution in [1.29, 1.82) is 0 Å². The van der Waals surface area contributed by atoms with E-state index < -0.39 is 29.4 Å². The quantitative estimate of drug-likeness (QED) is 0.765. The average Bonchev–Trinajstić information content (AvgIpc) is 2.92. The molecule has 8 heteroatoms. The van der Waals surface area contributed by atoms with Crippen molar-refractivity contribution in [3.8, 4) is 0 Å². The lowest BCUT2D eigenvalue weighted by Gasteiger charge is -2.22. The van der Waals surface area contributed by atoms with E-state index in [4.69, 9.17) is 4.74 Å². The molecule has 2 rings (SSSR count). The second-order valence-corrected chi connectivity index (χ2v) is 6.11. The molecule has 3 N–H and O–H groups in total. The molecule has 0 saturated carbocycles. The highest BCUT2D eigenvalue weighted by molar-refractivity contribution is 5.74. The van der Waals surface area contributed by atoms with Gasteiger partial charge in [-0.15, -0.1) is 0 Å². The first-order valence-electron chi connectivity index (χ1n) is 7.69. The summed E-state index contributed by atoms with van der Waals surface area (Å²) in [6, 6.07) is 4.26. The Morgan fingerprint density at radius 1 is 1.42 bits per heavy atom. The lowest BCUT2D eigenvalue weighted by molar-refractivity contribution is -0.138. The first-order chi connectivity index (χ1) is 11.2. The summed E-state index contributed by atoms with van der Waals surface area (Å²) in [6.45, 7) is 2.25. The van der Waals surface area contributed by atoms with Gasteiger partial charge in [-0.1, -0.05) is 18.2 Å². The Balaban J connectivity index is 1.87. The molecule has 5 nitrogen and oxygen atoms in total. The lowest BCUT2D eigenvalue weighted by atomic mass is 10.0. The fraction of sp³-hybridized carbons (Fsp3) is 0.562. The van der Waals surface area contributed by atoms with Gasteiger partial charge in [-0.05, 0) is 25.0 Å². The maximum absolute atomic E-state index is 13.0. The largest absolute Gasteiger partial charge is 0.416 e. The van der Waals surface area contributed by atoms with Crippen LogP contribution in [0, 0.1) is 0 Å². The first-order valence-corrected chi connectivity index (χ1v) is 7.69. The summed E-state index contributed by atoms with van der Waals surface area (Å²) in [5, 5.41) is 15.1. The van der Waals surface area contributed by atoms with Gasteiger partial charge in [0.15, 0.2) is 0 Å². The Morgan fingerprint density at radius 3 is 2.75 bits per heavy atom. The Kier molecular flexibility index (Phi) is 5.71. The normalized spacial score (nSPS) is 22.2. The summed E-state index contributed by atoms with van der Waals surface area (Å²) < 4.78 is 43.9. The third kappa shape index (κ3) is 5.10. The zero-order chi connectivity index (χ0) is 17.8. The smallest absolute Gasteiger partial charge is 0.386 e. The number of hydrogen-bond donors (Lipinski definition) is 3. The number of aliphatic hydroxyl groups is 1. The van der Waals surface area contributed by atoms with E-state index in [9.17, 15) is 23.1 Å². The fourth-order valence-corrected chi connectivity index (χ4v) is 2.61. The molecule has 134 valence electrons. The van der Waals surface area contributed by atoms with Crippen LogP contribution in [0.4, 0.5) is 18.0 Å². The van der Waals surface area contributed by atoms with Crippen LogP contribution in [0.15, 0.2) is 24.3 Å². The van der Waals surface area contributed by atoms with Gasteiger partial charge in [0.1, 0.15) is 5.60 Å². The lowest BCUT2D eigenvalue weighted by Crippen LogP contribution is -2.49. The minimum Gasteiger partial charge on any atom is -0.386 e. The van der Waals surface area contributed by atoms with Crippen LogP contribution in [0.2, 0.25) is 0 Å². The molecule has 1 aliphatic heterocycles. The number of benzene rings is 1. The molecule has 0 aliphatic carbocycles. The number of hydrogen-bond acceptors (Lipinski definition) is 3. The van der Waals surface area contributed by atoms with Crippen LogP contribution in [-0.2, 0) is 17.3 Å². The Morgan fingerprint density at radius 2 is 2.12 bits per heavy atom. The highest BCUT2D eigenvalue weighted by Gasteiger charge is 2.34. The molecule has 0 bridgehead atoms. The van der Waals surface area contributed by atoms with Crippen molar-refractivity contribution in [3.05, 3.63) is 35.4 Å². The molecule has 1 saturated heterocycles. The monoisotopic (exact) mass is 346 g/mol. The zero-order valence-corrected chi connectivity index (χ0v) is 13.3. The predicted octanol–water partition coefficient (Wildman–Crippen LogP) is 2.09. The minimum atomic E-state index is -4.43. The number of urea groups is 1. The number of carbonyl (C=O) groups is 1. The number of nitrogens with one attached hydrogen (secondary N) is 2. The van der Waals surface area contributed by atoms with E-state index >= 15 is 0 Å². The Bertz CT molecular complexity index is 572. The molecule has 24 heavy (non-hydrogen) atoms. The molecule has 1 fully saturated rings. The topological polar surface area (TPSA) is 70.6 Å². The van der Waals surface area contributed by atoms with E-state index in [1.807, 2.05) is 0 Å². The third-order valence-corrected chi connectivity index (χ3v) is 3.89. The van der Waals surface area contributed by atoms with Crippen molar-refractivity contribution in [2.24, 2.45) is 0 Å². The molecule has 1 aliphatic rings. The predicted molar refractivity (Wildman–Crippen MR) is 81.5 cm³/mol. The number of ether oxygens (including phenoxy) is 1. The van der Waals surface area contributed by atoms with Gasteiger partial charge in [0.25, 0.3) is 0 Å². The van der Waals surface area contributed by atoms with Gasteiger partial charge in [-0.25, -0.2) is 4.79 Å². The number of alkyl halides is 3. The highest BCUT2D eigenvalue weighted by Crippen LogP contribution is 2.32. The van der Waals surface area contributed by atoms with Gasteiger partial charge in [0, 0.05) is 19.1 Å². The van der Waals surface area contributed by atoms with Crippen molar-refractivity contribution >= 4 is 6.03 Å². The summed E-state index contributed by atoms with van der Waals surface area (Å²) in [5.74, 6) is 0. The van der Waals surface area contributed by atoms with Crippen molar-refractivity contribution in [2.75, 3.05) is 19.8 Å². The maximum Gasteiger partial charge on any atom is 0.416 e. The van der Waals surface area contributed by atoms with E-state index in [1.54, 1.807) is 6.92 Å². The van der Waals surface area contributed by atoms with Gasteiger partial charge in [0.2, 0.25) is 0 Å². The molecule has 2 atom stereocenters. The van der Waals surface area contributed by atoms with E-state index in [0.717, 1.165) is 6.07 Å². The Labute approximate surface area is 138 Å². The summed E-state index contributed by atoms with van der Waals surface area (Å²) >= 11 is 0. The van der Waals surface area contributed by atoms with Crippen LogP contribution in [-0.4, -0.2) is 42.5 Å². The van der Waals surface area contributed by atoms with Gasteiger partial charge in [-0.3, -0.25) is 0 Å². The molecule has 0 radical (unpaired) electrons. The number of rotatable bonds is 5. The summed E-state index contributed by atoms with van der Waals surface area (Å²) in [7, 11) is 0. The first kappa shape index (κ1) is 18.5. The van der Waals surface area contributed by atoms with Crippen LogP contribution in [0.3, 0.4) is 0 Å². The van der Waals surface area contributed by atoms with Crippen molar-refractivity contribution in [2.45, 2.75) is 37.6 Å². The van der Waals surface area contributed by atoms with Gasteiger partial charge in [0.05, 0.1) is 18.7 Å². The Hall–Kier alpha value is -1.80. The van der Waals surface area contributed by atoms with E-state index in [2.05, 4.69) is 10.6 Å². The second kappa shape index (κ2) is 7.40. The van der Waals surface area contributed by atoms with Gasteiger partial charge in [-0.2, -0.15) is 13.2 Å². The third-order valence-electron chi connectivity index (χ3n) is 3.89. The molecule has 0 spiro atoms. The molecular weight excluding hydrogens is 325 g/mol. The molecule has 1 aromatic rings. The van der Waals surface area contributed by atoms with Crippen LogP contribution in [0.1, 0.15) is 24.5 Å². The number of halogens is 3. The van der Waals surface area contributed by atoms with Gasteiger partial charge >= 0.3 is 12.2 Å². The minimum absolute atomic E-state index is 0.0324. The number of carbonyl (C=O) groups excluding carboxylic acids is 1. The molecule has 0 unspecified atom stereocenters. The number of amides is 2. The second-order valence-electron chi connectivity index (χ2n) is 6.11. The molecular formula is C16H21F3N2O3. The maximum atomic E-state index is 13.0. The average molecular weight is 346 g/mol. The summed E-state index contributed by atoms with van der Waals surface area (Å²) in [4.78, 5) is 11.8. The van der Waals surface area contributed by atoms with E-state index in [1.165, 1.54) is 18.2 Å². The van der Waals surface area contributed by atoms with Crippen LogP contribution in [0.5, 0.6) is 0 Å².